The van der Waals surface area contributed by atoms with Gasteiger partial charge in [0.2, 0.25) is 0 Å². The Morgan fingerprint density at radius 3 is 2.63 bits per heavy atom. The maximum absolute atomic E-state index is 13.6. The normalized spacial score (nSPS) is 10.5. The van der Waals surface area contributed by atoms with Crippen LogP contribution in [-0.2, 0) is 6.42 Å². The van der Waals surface area contributed by atoms with Gasteiger partial charge in [-0.3, -0.25) is 4.79 Å². The van der Waals surface area contributed by atoms with Crippen LogP contribution in [0.4, 0.5) is 10.1 Å². The van der Waals surface area contributed by atoms with Crippen LogP contribution in [-0.4, -0.2) is 5.78 Å². The summed E-state index contributed by atoms with van der Waals surface area (Å²) in [4.78, 5) is 12.1. The lowest BCUT2D eigenvalue weighted by Crippen LogP contribution is -2.05. The number of rotatable bonds is 3. The molecule has 0 atom stereocenters. The van der Waals surface area contributed by atoms with Crippen LogP contribution in [0.25, 0.3) is 0 Å². The fourth-order valence-electron chi connectivity index (χ4n) is 1.64. The third-order valence-electron chi connectivity index (χ3n) is 2.69. The van der Waals surface area contributed by atoms with Crippen LogP contribution >= 0.6 is 27.5 Å². The lowest BCUT2D eigenvalue weighted by atomic mass is 10.0. The lowest BCUT2D eigenvalue weighted by molar-refractivity contribution is 0.0992. The number of carbonyl (C=O) groups is 1. The SMILES string of the molecule is Nc1ccc(C(=O)Cc2ccc(Cl)cc2F)cc1Br. The highest BCUT2D eigenvalue weighted by atomic mass is 79.9. The van der Waals surface area contributed by atoms with Crippen molar-refractivity contribution in [3.63, 3.8) is 0 Å². The molecule has 0 aliphatic rings. The summed E-state index contributed by atoms with van der Waals surface area (Å²) >= 11 is 8.92. The fourth-order valence-corrected chi connectivity index (χ4v) is 2.18. The Kier molecular flexibility index (Phi) is 4.22. The molecule has 0 unspecified atom stereocenters. The quantitative estimate of drug-likeness (QED) is 0.669. The minimum atomic E-state index is -0.477. The van der Waals surface area contributed by atoms with E-state index < -0.39 is 5.82 Å². The van der Waals surface area contributed by atoms with Crippen molar-refractivity contribution in [3.05, 3.63) is 62.8 Å². The summed E-state index contributed by atoms with van der Waals surface area (Å²) in [5.41, 5.74) is 7.00. The molecule has 5 heteroatoms. The van der Waals surface area contributed by atoms with Crippen molar-refractivity contribution in [1.82, 2.24) is 0 Å². The summed E-state index contributed by atoms with van der Waals surface area (Å²) in [5.74, 6) is -0.655. The monoisotopic (exact) mass is 341 g/mol. The summed E-state index contributed by atoms with van der Waals surface area (Å²) in [5, 5.41) is 0.309. The van der Waals surface area contributed by atoms with E-state index in [4.69, 9.17) is 17.3 Å². The molecule has 0 heterocycles. The number of carbonyl (C=O) groups excluding carboxylic acids is 1. The number of nitrogens with two attached hydrogens (primary N) is 1. The number of hydrogen-bond acceptors (Lipinski definition) is 2. The van der Waals surface area contributed by atoms with Gasteiger partial charge >= 0.3 is 0 Å². The number of benzene rings is 2. The second-order valence-electron chi connectivity index (χ2n) is 4.07. The molecule has 2 nitrogen and oxygen atoms in total. The van der Waals surface area contributed by atoms with Gasteiger partial charge in [-0.2, -0.15) is 0 Å². The molecule has 0 radical (unpaired) electrons. The zero-order valence-electron chi connectivity index (χ0n) is 9.79. The second-order valence-corrected chi connectivity index (χ2v) is 5.36. The number of Topliss-reactive ketones (excluding diaryl/α,β-unsaturated/α-hetero) is 1. The molecule has 0 aliphatic carbocycles. The van der Waals surface area contributed by atoms with Gasteiger partial charge in [0.15, 0.2) is 5.78 Å². The van der Waals surface area contributed by atoms with Gasteiger partial charge in [-0.1, -0.05) is 17.7 Å². The Morgan fingerprint density at radius 1 is 1.26 bits per heavy atom. The molecule has 0 saturated heterocycles. The number of hydrogen-bond donors (Lipinski definition) is 1. The first-order valence-electron chi connectivity index (χ1n) is 5.49. The zero-order valence-corrected chi connectivity index (χ0v) is 12.1. The molecule has 19 heavy (non-hydrogen) atoms. The highest BCUT2D eigenvalue weighted by Crippen LogP contribution is 2.22. The first-order chi connectivity index (χ1) is 8.97. The first kappa shape index (κ1) is 14.0. The van der Waals surface area contributed by atoms with E-state index in [9.17, 15) is 9.18 Å². The van der Waals surface area contributed by atoms with E-state index in [1.54, 1.807) is 24.3 Å². The average Bonchev–Trinajstić information content (AvgIpc) is 2.36. The Bertz CT molecular complexity index is 645. The molecule has 0 saturated carbocycles. The van der Waals surface area contributed by atoms with E-state index >= 15 is 0 Å². The molecular weight excluding hydrogens is 333 g/mol. The minimum absolute atomic E-state index is 0.0145. The minimum Gasteiger partial charge on any atom is -0.398 e. The van der Waals surface area contributed by atoms with Crippen LogP contribution in [0.5, 0.6) is 0 Å². The predicted octanol–water partition coefficient (Wildman–Crippen LogP) is 4.25. The summed E-state index contributed by atoms with van der Waals surface area (Å²) < 4.78 is 14.3. The van der Waals surface area contributed by atoms with Crippen LogP contribution < -0.4 is 5.73 Å². The Morgan fingerprint density at radius 2 is 2.00 bits per heavy atom. The third kappa shape index (κ3) is 3.33. The largest absolute Gasteiger partial charge is 0.398 e. The average molecular weight is 343 g/mol. The van der Waals surface area contributed by atoms with Crippen molar-refractivity contribution in [2.75, 3.05) is 5.73 Å². The topological polar surface area (TPSA) is 43.1 Å². The van der Waals surface area contributed by atoms with Gasteiger partial charge in [0, 0.05) is 27.2 Å². The summed E-state index contributed by atoms with van der Waals surface area (Å²) in [7, 11) is 0. The van der Waals surface area contributed by atoms with Gasteiger partial charge in [0.05, 0.1) is 0 Å². The molecule has 2 aromatic carbocycles. The van der Waals surface area contributed by atoms with Gasteiger partial charge in [-0.25, -0.2) is 4.39 Å². The van der Waals surface area contributed by atoms with E-state index in [1.807, 2.05) is 0 Å². The van der Waals surface area contributed by atoms with Crippen molar-refractivity contribution in [2.45, 2.75) is 6.42 Å². The van der Waals surface area contributed by atoms with E-state index in [0.29, 0.717) is 26.3 Å². The van der Waals surface area contributed by atoms with Crippen LogP contribution in [0.1, 0.15) is 15.9 Å². The molecule has 2 N–H and O–H groups in total. The van der Waals surface area contributed by atoms with E-state index in [0.717, 1.165) is 0 Å². The van der Waals surface area contributed by atoms with Gasteiger partial charge in [-0.05, 0) is 51.8 Å². The first-order valence-corrected chi connectivity index (χ1v) is 6.66. The maximum atomic E-state index is 13.6. The van der Waals surface area contributed by atoms with Crippen molar-refractivity contribution in [2.24, 2.45) is 0 Å². The third-order valence-corrected chi connectivity index (χ3v) is 3.61. The molecule has 2 rings (SSSR count). The Balaban J connectivity index is 2.23. The zero-order chi connectivity index (χ0) is 14.0. The molecule has 0 amide bonds. The van der Waals surface area contributed by atoms with Gasteiger partial charge in [0.25, 0.3) is 0 Å². The second kappa shape index (κ2) is 5.72. The van der Waals surface area contributed by atoms with E-state index in [2.05, 4.69) is 15.9 Å². The smallest absolute Gasteiger partial charge is 0.167 e. The van der Waals surface area contributed by atoms with Crippen LogP contribution in [0, 0.1) is 5.82 Å². The van der Waals surface area contributed by atoms with Gasteiger partial charge < -0.3 is 5.73 Å². The molecule has 0 aliphatic heterocycles. The van der Waals surface area contributed by atoms with Gasteiger partial charge in [0.1, 0.15) is 5.82 Å². The highest BCUT2D eigenvalue weighted by molar-refractivity contribution is 9.10. The molecule has 0 fully saturated rings. The molecule has 0 aromatic heterocycles. The standard InChI is InChI=1S/C14H10BrClFNO/c15-11-5-9(2-4-13(11)18)14(19)6-8-1-3-10(16)7-12(8)17/h1-5,7H,6,18H2. The van der Waals surface area contributed by atoms with E-state index in [1.165, 1.54) is 12.1 Å². The number of nitrogen functional groups attached to an aromatic ring is 1. The number of anilines is 1. The predicted molar refractivity (Wildman–Crippen MR) is 78.0 cm³/mol. The molecule has 2 aromatic rings. The van der Waals surface area contributed by atoms with Crippen LogP contribution in [0.15, 0.2) is 40.9 Å². The summed E-state index contributed by atoms with van der Waals surface area (Å²) in [6, 6.07) is 9.16. The molecule has 0 spiro atoms. The number of ketones is 1. The Hall–Kier alpha value is -1.39. The lowest BCUT2D eigenvalue weighted by Gasteiger charge is -2.05. The van der Waals surface area contributed by atoms with Crippen molar-refractivity contribution in [1.29, 1.82) is 0 Å². The van der Waals surface area contributed by atoms with Gasteiger partial charge in [-0.15, -0.1) is 0 Å². The maximum Gasteiger partial charge on any atom is 0.167 e. The highest BCUT2D eigenvalue weighted by Gasteiger charge is 2.12. The molecule has 0 bridgehead atoms. The summed E-state index contributed by atoms with van der Waals surface area (Å²) in [6.07, 6.45) is -0.0145. The summed E-state index contributed by atoms with van der Waals surface area (Å²) in [6.45, 7) is 0. The molecule has 98 valence electrons. The fraction of sp³-hybridized carbons (Fsp3) is 0.0714. The number of halogens is 3. The van der Waals surface area contributed by atoms with Crippen molar-refractivity contribution in [3.8, 4) is 0 Å². The van der Waals surface area contributed by atoms with E-state index in [-0.39, 0.29) is 12.2 Å². The van der Waals surface area contributed by atoms with Crippen molar-refractivity contribution < 1.29 is 9.18 Å². The molecular formula is C14H10BrClFNO. The Labute approximate surface area is 123 Å². The van der Waals surface area contributed by atoms with Crippen molar-refractivity contribution >= 4 is 39.0 Å². The van der Waals surface area contributed by atoms with Crippen LogP contribution in [0.3, 0.4) is 0 Å². The van der Waals surface area contributed by atoms with Crippen LogP contribution in [0.2, 0.25) is 5.02 Å².